The van der Waals surface area contributed by atoms with Crippen LogP contribution in [0, 0.1) is 5.82 Å². The van der Waals surface area contributed by atoms with E-state index in [0.29, 0.717) is 5.92 Å². The Bertz CT molecular complexity index is 1010. The molecule has 0 N–H and O–H groups in total. The number of rotatable bonds is 5. The van der Waals surface area contributed by atoms with Gasteiger partial charge >= 0.3 is 0 Å². The number of halogens is 1. The van der Waals surface area contributed by atoms with Crippen molar-refractivity contribution in [3.8, 4) is 22.3 Å². The highest BCUT2D eigenvalue weighted by Crippen LogP contribution is 2.26. The molecule has 4 aromatic carbocycles. The molecule has 0 amide bonds. The largest absolute Gasteiger partial charge is 0.207 e. The van der Waals surface area contributed by atoms with Crippen LogP contribution >= 0.6 is 0 Å². The molecule has 4 aromatic rings. The molecule has 0 aliphatic heterocycles. The van der Waals surface area contributed by atoms with Crippen molar-refractivity contribution in [2.75, 3.05) is 0 Å². The summed E-state index contributed by atoms with van der Waals surface area (Å²) in [5.74, 6) is 0.295. The third-order valence-electron chi connectivity index (χ3n) is 5.26. The highest BCUT2D eigenvalue weighted by atomic mass is 19.1. The van der Waals surface area contributed by atoms with E-state index in [0.717, 1.165) is 17.5 Å². The molecule has 4 rings (SSSR count). The second-order valence-corrected chi connectivity index (χ2v) is 7.30. The zero-order chi connectivity index (χ0) is 19.3. The van der Waals surface area contributed by atoms with E-state index in [1.165, 1.54) is 34.4 Å². The average Bonchev–Trinajstić information content (AvgIpc) is 2.76. The number of hydrogen-bond acceptors (Lipinski definition) is 0. The van der Waals surface area contributed by atoms with E-state index in [9.17, 15) is 4.39 Å². The smallest absolute Gasteiger partial charge is 0.123 e. The molecule has 1 atom stereocenters. The standard InChI is InChI=1S/C27H23F/c1-20(22-5-3-2-4-6-22)19-21-7-9-23(10-8-21)24-11-13-25(14-12-24)26-15-17-27(28)18-16-26/h2-18,20H,19H2,1H3/t20-/m0/s1. The van der Waals surface area contributed by atoms with Gasteiger partial charge < -0.3 is 0 Å². The van der Waals surface area contributed by atoms with E-state index >= 15 is 0 Å². The summed E-state index contributed by atoms with van der Waals surface area (Å²) in [6.45, 7) is 2.28. The summed E-state index contributed by atoms with van der Waals surface area (Å²) >= 11 is 0. The first-order chi connectivity index (χ1) is 13.7. The minimum absolute atomic E-state index is 0.206. The minimum Gasteiger partial charge on any atom is -0.207 e. The first kappa shape index (κ1) is 18.2. The van der Waals surface area contributed by atoms with Crippen LogP contribution in [-0.4, -0.2) is 0 Å². The summed E-state index contributed by atoms with van der Waals surface area (Å²) in [5, 5.41) is 0. The van der Waals surface area contributed by atoms with Gasteiger partial charge in [-0.05, 0) is 57.9 Å². The van der Waals surface area contributed by atoms with E-state index in [1.54, 1.807) is 0 Å². The molecule has 0 radical (unpaired) electrons. The van der Waals surface area contributed by atoms with Crippen molar-refractivity contribution >= 4 is 0 Å². The zero-order valence-electron chi connectivity index (χ0n) is 16.0. The topological polar surface area (TPSA) is 0 Å². The third-order valence-corrected chi connectivity index (χ3v) is 5.26. The van der Waals surface area contributed by atoms with E-state index in [-0.39, 0.29) is 5.82 Å². The summed E-state index contributed by atoms with van der Waals surface area (Å²) in [7, 11) is 0. The van der Waals surface area contributed by atoms with Gasteiger partial charge in [0.25, 0.3) is 0 Å². The second-order valence-electron chi connectivity index (χ2n) is 7.30. The molecule has 0 saturated carbocycles. The van der Waals surface area contributed by atoms with Crippen molar-refractivity contribution in [1.29, 1.82) is 0 Å². The minimum atomic E-state index is -0.206. The van der Waals surface area contributed by atoms with Crippen molar-refractivity contribution in [2.24, 2.45) is 0 Å². The monoisotopic (exact) mass is 366 g/mol. The normalized spacial score (nSPS) is 11.9. The van der Waals surface area contributed by atoms with Crippen LogP contribution in [0.1, 0.15) is 24.0 Å². The van der Waals surface area contributed by atoms with Crippen LogP contribution in [0.2, 0.25) is 0 Å². The van der Waals surface area contributed by atoms with E-state index < -0.39 is 0 Å². The van der Waals surface area contributed by atoms with Crippen LogP contribution < -0.4 is 0 Å². The third kappa shape index (κ3) is 4.20. The van der Waals surface area contributed by atoms with Gasteiger partial charge in [-0.25, -0.2) is 4.39 Å². The van der Waals surface area contributed by atoms with Gasteiger partial charge in [0.15, 0.2) is 0 Å². The lowest BCUT2D eigenvalue weighted by Crippen LogP contribution is -1.98. The number of benzene rings is 4. The predicted molar refractivity (Wildman–Crippen MR) is 116 cm³/mol. The molecule has 138 valence electrons. The van der Waals surface area contributed by atoms with Crippen molar-refractivity contribution in [3.63, 3.8) is 0 Å². The molecule has 0 unspecified atom stereocenters. The van der Waals surface area contributed by atoms with Gasteiger partial charge in [-0.15, -0.1) is 0 Å². The Balaban J connectivity index is 1.47. The summed E-state index contributed by atoms with van der Waals surface area (Å²) in [4.78, 5) is 0. The fraction of sp³-hybridized carbons (Fsp3) is 0.111. The lowest BCUT2D eigenvalue weighted by molar-refractivity contribution is 0.628. The maximum atomic E-state index is 13.1. The summed E-state index contributed by atoms with van der Waals surface area (Å²) < 4.78 is 13.1. The Morgan fingerprint density at radius 2 is 1.00 bits per heavy atom. The lowest BCUT2D eigenvalue weighted by atomic mass is 9.92. The Morgan fingerprint density at radius 3 is 1.50 bits per heavy atom. The van der Waals surface area contributed by atoms with Gasteiger partial charge in [0.2, 0.25) is 0 Å². The number of hydrogen-bond donors (Lipinski definition) is 0. The Kier molecular flexibility index (Phi) is 5.34. The first-order valence-electron chi connectivity index (χ1n) is 9.69. The Hall–Kier alpha value is -3.19. The molecule has 0 nitrogen and oxygen atoms in total. The second kappa shape index (κ2) is 8.22. The van der Waals surface area contributed by atoms with Gasteiger partial charge in [-0.2, -0.15) is 0 Å². The van der Waals surface area contributed by atoms with Gasteiger partial charge in [-0.1, -0.05) is 97.9 Å². The summed E-state index contributed by atoms with van der Waals surface area (Å²) in [6.07, 6.45) is 1.04. The van der Waals surface area contributed by atoms with Crippen molar-refractivity contribution in [3.05, 3.63) is 120 Å². The van der Waals surface area contributed by atoms with Gasteiger partial charge in [-0.3, -0.25) is 0 Å². The Labute approximate surface area is 166 Å². The maximum Gasteiger partial charge on any atom is 0.123 e. The van der Waals surface area contributed by atoms with Gasteiger partial charge in [0.05, 0.1) is 0 Å². The maximum absolute atomic E-state index is 13.1. The Morgan fingerprint density at radius 1 is 0.571 bits per heavy atom. The molecule has 0 fully saturated rings. The molecule has 0 saturated heterocycles. The molecule has 0 aromatic heterocycles. The SMILES string of the molecule is C[C@@H](Cc1ccc(-c2ccc(-c3ccc(F)cc3)cc2)cc1)c1ccccc1. The molecule has 0 spiro atoms. The first-order valence-corrected chi connectivity index (χ1v) is 9.69. The van der Waals surface area contributed by atoms with Crippen LogP contribution in [-0.2, 0) is 6.42 Å². The van der Waals surface area contributed by atoms with Crippen molar-refractivity contribution in [1.82, 2.24) is 0 Å². The lowest BCUT2D eigenvalue weighted by Gasteiger charge is -2.12. The van der Waals surface area contributed by atoms with Gasteiger partial charge in [0.1, 0.15) is 5.82 Å². The predicted octanol–water partition coefficient (Wildman–Crippen LogP) is 7.51. The van der Waals surface area contributed by atoms with Crippen molar-refractivity contribution < 1.29 is 4.39 Å². The molecular weight excluding hydrogens is 343 g/mol. The van der Waals surface area contributed by atoms with Crippen LogP contribution in [0.3, 0.4) is 0 Å². The molecule has 0 aliphatic rings. The van der Waals surface area contributed by atoms with Crippen molar-refractivity contribution in [2.45, 2.75) is 19.3 Å². The van der Waals surface area contributed by atoms with Crippen LogP contribution in [0.4, 0.5) is 4.39 Å². The molecule has 28 heavy (non-hydrogen) atoms. The highest BCUT2D eigenvalue weighted by molar-refractivity contribution is 5.70. The quantitative estimate of drug-likeness (QED) is 0.343. The van der Waals surface area contributed by atoms with Crippen LogP contribution in [0.15, 0.2) is 103 Å². The zero-order valence-corrected chi connectivity index (χ0v) is 16.0. The summed E-state index contributed by atoms with van der Waals surface area (Å²) in [5.41, 5.74) is 7.25. The van der Waals surface area contributed by atoms with Crippen LogP contribution in [0.5, 0.6) is 0 Å². The van der Waals surface area contributed by atoms with E-state index in [4.69, 9.17) is 0 Å². The van der Waals surface area contributed by atoms with Gasteiger partial charge in [0, 0.05) is 0 Å². The van der Waals surface area contributed by atoms with Crippen LogP contribution in [0.25, 0.3) is 22.3 Å². The molecular formula is C27H23F. The molecule has 0 aliphatic carbocycles. The van der Waals surface area contributed by atoms with E-state index in [2.05, 4.69) is 85.8 Å². The van der Waals surface area contributed by atoms with E-state index in [1.807, 2.05) is 12.1 Å². The average molecular weight is 366 g/mol. The summed E-state index contributed by atoms with van der Waals surface area (Å²) in [6, 6.07) is 34.6. The molecule has 0 bridgehead atoms. The molecule has 0 heterocycles. The fourth-order valence-electron chi connectivity index (χ4n) is 3.58. The molecule has 1 heteroatoms. The fourth-order valence-corrected chi connectivity index (χ4v) is 3.58. The highest BCUT2D eigenvalue weighted by Gasteiger charge is 2.07.